The summed E-state index contributed by atoms with van der Waals surface area (Å²) in [7, 11) is 2.81. The van der Waals surface area contributed by atoms with Crippen LogP contribution in [0.25, 0.3) is 6.08 Å². The number of carbonyl (C=O) groups excluding carboxylic acids is 3. The number of carbonyl (C=O) groups is 3. The van der Waals surface area contributed by atoms with E-state index in [0.717, 1.165) is 43.6 Å². The zero-order chi connectivity index (χ0) is 30.9. The van der Waals surface area contributed by atoms with Crippen molar-refractivity contribution in [3.63, 3.8) is 0 Å². The Labute approximate surface area is 249 Å². The van der Waals surface area contributed by atoms with Crippen molar-refractivity contribution >= 4 is 41.0 Å². The molecule has 0 bridgehead atoms. The first-order chi connectivity index (χ1) is 19.5. The Morgan fingerprint density at radius 1 is 0.643 bits per heavy atom. The van der Waals surface area contributed by atoms with Gasteiger partial charge in [-0.3, -0.25) is 19.4 Å². The molecule has 5 rings (SSSR count). The number of hydrogen-bond acceptors (Lipinski definition) is 4. The van der Waals surface area contributed by atoms with Gasteiger partial charge in [0.2, 0.25) is 0 Å². The van der Waals surface area contributed by atoms with E-state index in [1.807, 2.05) is 0 Å². The Morgan fingerprint density at radius 3 is 1.55 bits per heavy atom. The lowest BCUT2D eigenvalue weighted by Gasteiger charge is -2.44. The second kappa shape index (κ2) is 9.69. The summed E-state index contributed by atoms with van der Waals surface area (Å²) < 4.78 is 0. The van der Waals surface area contributed by atoms with Crippen LogP contribution in [0.4, 0.5) is 21.9 Å². The van der Waals surface area contributed by atoms with Crippen LogP contribution in [0.1, 0.15) is 83.2 Å². The molecule has 42 heavy (non-hydrogen) atoms. The van der Waals surface area contributed by atoms with E-state index in [2.05, 4.69) is 121 Å². The third-order valence-corrected chi connectivity index (χ3v) is 8.61. The number of amides is 4. The molecule has 3 aromatic carbocycles. The fraction of sp³-hybridized carbons (Fsp3) is 0.361. The summed E-state index contributed by atoms with van der Waals surface area (Å²) in [5.41, 5.74) is 7.92. The average molecular weight is 564 g/mol. The molecule has 0 aliphatic carbocycles. The number of para-hydroxylation sites is 2. The highest BCUT2D eigenvalue weighted by atomic mass is 16.2. The summed E-state index contributed by atoms with van der Waals surface area (Å²) in [6, 6.07) is 20.9. The number of urea groups is 1. The molecule has 0 spiro atoms. The first kappa shape index (κ1) is 29.3. The normalized spacial score (nSPS) is 17.0. The van der Waals surface area contributed by atoms with Crippen LogP contribution in [0.2, 0.25) is 0 Å². The van der Waals surface area contributed by atoms with Gasteiger partial charge in [-0.2, -0.15) is 0 Å². The van der Waals surface area contributed by atoms with Gasteiger partial charge in [0.15, 0.2) is 0 Å². The maximum Gasteiger partial charge on any atom is 0.333 e. The van der Waals surface area contributed by atoms with Crippen molar-refractivity contribution in [2.24, 2.45) is 0 Å². The Balaban J connectivity index is 1.84. The van der Waals surface area contributed by atoms with Crippen molar-refractivity contribution in [3.8, 4) is 0 Å². The highest BCUT2D eigenvalue weighted by molar-refractivity contribution is 6.30. The summed E-state index contributed by atoms with van der Waals surface area (Å²) in [6.07, 6.45) is 1.67. The third kappa shape index (κ3) is 4.54. The molecule has 2 aliphatic heterocycles. The molecular formula is C36H41N3O3. The number of hydrogen-bond donors (Lipinski definition) is 0. The number of nitrogens with zero attached hydrogens (tertiary/aromatic N) is 3. The topological polar surface area (TPSA) is 60.9 Å². The van der Waals surface area contributed by atoms with E-state index in [9.17, 15) is 14.4 Å². The van der Waals surface area contributed by atoms with Gasteiger partial charge in [0.1, 0.15) is 5.57 Å². The smallest absolute Gasteiger partial charge is 0.310 e. The van der Waals surface area contributed by atoms with Gasteiger partial charge in [-0.1, -0.05) is 91.8 Å². The standard InChI is InChI=1S/C36H41N3O3/c1-34(2,3)26-21-30(39-28-17-13-11-15-24(28)36(7,8)25-16-12-14-18-29(25)39)27(35(4,5)6)20-22(26)19-23-31(40)37(9)33(42)38(10)32(23)41/h11-21H,1-10H3. The average Bonchev–Trinajstić information content (AvgIpc) is 2.92. The number of fused-ring (bicyclic) bond motifs is 2. The summed E-state index contributed by atoms with van der Waals surface area (Å²) in [5, 5.41) is 0. The fourth-order valence-corrected chi connectivity index (χ4v) is 6.22. The zero-order valence-corrected chi connectivity index (χ0v) is 26.4. The van der Waals surface area contributed by atoms with Crippen molar-refractivity contribution in [1.29, 1.82) is 0 Å². The lowest BCUT2D eigenvalue weighted by Crippen LogP contribution is -2.52. The van der Waals surface area contributed by atoms with Gasteiger partial charge < -0.3 is 4.90 Å². The second-order valence-corrected chi connectivity index (χ2v) is 14.0. The molecule has 3 aromatic rings. The van der Waals surface area contributed by atoms with E-state index in [1.165, 1.54) is 25.2 Å². The molecular weight excluding hydrogens is 522 g/mol. The quantitative estimate of drug-likeness (QED) is 0.236. The fourth-order valence-electron chi connectivity index (χ4n) is 6.22. The molecule has 4 amide bonds. The molecule has 6 nitrogen and oxygen atoms in total. The lowest BCUT2D eigenvalue weighted by molar-refractivity contribution is -0.134. The Kier molecular flexibility index (Phi) is 6.76. The van der Waals surface area contributed by atoms with Crippen LogP contribution < -0.4 is 4.90 Å². The van der Waals surface area contributed by atoms with E-state index in [1.54, 1.807) is 6.08 Å². The maximum atomic E-state index is 13.2. The van der Waals surface area contributed by atoms with E-state index >= 15 is 0 Å². The number of rotatable bonds is 2. The van der Waals surface area contributed by atoms with Crippen LogP contribution in [0.5, 0.6) is 0 Å². The molecule has 1 saturated heterocycles. The number of benzene rings is 3. The Hall–Kier alpha value is -4.19. The van der Waals surface area contributed by atoms with Crippen LogP contribution in [0.3, 0.4) is 0 Å². The number of imide groups is 2. The molecule has 0 radical (unpaired) electrons. The van der Waals surface area contributed by atoms with Crippen molar-refractivity contribution in [3.05, 3.63) is 94.1 Å². The molecule has 2 aliphatic rings. The van der Waals surface area contributed by atoms with Gasteiger partial charge in [0.25, 0.3) is 11.8 Å². The number of likely N-dealkylation sites (N-methyl/N-ethyl adjacent to an activating group) is 2. The Bertz CT molecular complexity index is 1590. The SMILES string of the molecule is CN1C(=O)C(=Cc2cc(C(C)(C)C)c(N3c4ccccc4C(C)(C)c4ccccc43)cc2C(C)(C)C)C(=O)N(C)C1=O. The van der Waals surface area contributed by atoms with Crippen molar-refractivity contribution < 1.29 is 14.4 Å². The van der Waals surface area contributed by atoms with E-state index in [4.69, 9.17) is 0 Å². The summed E-state index contributed by atoms with van der Waals surface area (Å²) in [4.78, 5) is 43.1. The summed E-state index contributed by atoms with van der Waals surface area (Å²) >= 11 is 0. The minimum atomic E-state index is -0.630. The largest absolute Gasteiger partial charge is 0.333 e. The minimum Gasteiger partial charge on any atom is -0.310 e. The van der Waals surface area contributed by atoms with Gasteiger partial charge in [-0.05, 0) is 69.0 Å². The summed E-state index contributed by atoms with van der Waals surface area (Å²) in [5.74, 6) is -1.18. The van der Waals surface area contributed by atoms with Crippen LogP contribution >= 0.6 is 0 Å². The van der Waals surface area contributed by atoms with E-state index in [-0.39, 0.29) is 21.8 Å². The number of anilines is 3. The van der Waals surface area contributed by atoms with Gasteiger partial charge >= 0.3 is 6.03 Å². The third-order valence-electron chi connectivity index (χ3n) is 8.61. The molecule has 6 heteroatoms. The molecule has 0 atom stereocenters. The molecule has 218 valence electrons. The Morgan fingerprint density at radius 2 is 1.10 bits per heavy atom. The monoisotopic (exact) mass is 563 g/mol. The molecule has 1 fully saturated rings. The zero-order valence-electron chi connectivity index (χ0n) is 26.4. The van der Waals surface area contributed by atoms with Crippen LogP contribution in [-0.2, 0) is 25.8 Å². The predicted molar refractivity (Wildman–Crippen MR) is 170 cm³/mol. The molecule has 2 heterocycles. The highest BCUT2D eigenvalue weighted by Crippen LogP contribution is 2.54. The van der Waals surface area contributed by atoms with Crippen molar-refractivity contribution in [2.45, 2.75) is 71.6 Å². The van der Waals surface area contributed by atoms with E-state index in [0.29, 0.717) is 0 Å². The van der Waals surface area contributed by atoms with Gasteiger partial charge in [0.05, 0.1) is 17.1 Å². The van der Waals surface area contributed by atoms with Gasteiger partial charge in [0, 0.05) is 19.5 Å². The predicted octanol–water partition coefficient (Wildman–Crippen LogP) is 7.82. The first-order valence-corrected chi connectivity index (χ1v) is 14.5. The van der Waals surface area contributed by atoms with Crippen LogP contribution in [0.15, 0.2) is 66.2 Å². The van der Waals surface area contributed by atoms with Crippen molar-refractivity contribution in [1.82, 2.24) is 9.80 Å². The van der Waals surface area contributed by atoms with Crippen LogP contribution in [-0.4, -0.2) is 41.7 Å². The second-order valence-electron chi connectivity index (χ2n) is 14.0. The summed E-state index contributed by atoms with van der Waals surface area (Å²) in [6.45, 7) is 17.5. The molecule has 0 aromatic heterocycles. The molecule has 0 N–H and O–H groups in total. The molecule has 0 unspecified atom stereocenters. The van der Waals surface area contributed by atoms with Crippen LogP contribution in [0, 0.1) is 0 Å². The lowest BCUT2D eigenvalue weighted by atomic mass is 9.72. The number of barbiturate groups is 1. The van der Waals surface area contributed by atoms with Gasteiger partial charge in [-0.25, -0.2) is 4.79 Å². The minimum absolute atomic E-state index is 0.0203. The van der Waals surface area contributed by atoms with Crippen molar-refractivity contribution in [2.75, 3.05) is 19.0 Å². The maximum absolute atomic E-state index is 13.2. The first-order valence-electron chi connectivity index (χ1n) is 14.5. The highest BCUT2D eigenvalue weighted by Gasteiger charge is 2.40. The van der Waals surface area contributed by atoms with E-state index < -0.39 is 17.8 Å². The molecule has 0 saturated carbocycles. The van der Waals surface area contributed by atoms with Gasteiger partial charge in [-0.15, -0.1) is 0 Å².